The van der Waals surface area contributed by atoms with Gasteiger partial charge < -0.3 is 0 Å². The molecule has 0 radical (unpaired) electrons. The van der Waals surface area contributed by atoms with Crippen LogP contribution in [0.5, 0.6) is 0 Å². The van der Waals surface area contributed by atoms with Crippen molar-refractivity contribution in [1.82, 2.24) is 19.9 Å². The lowest BCUT2D eigenvalue weighted by molar-refractivity contribution is 1.37. The minimum absolute atomic E-state index is 0.931. The van der Waals surface area contributed by atoms with Crippen molar-refractivity contribution in [3.63, 3.8) is 0 Å². The summed E-state index contributed by atoms with van der Waals surface area (Å²) in [4.78, 5) is 19.2. The van der Waals surface area contributed by atoms with Crippen LogP contribution >= 0.6 is 0 Å². The second-order valence-electron chi connectivity index (χ2n) is 11.6. The predicted molar refractivity (Wildman–Crippen MR) is 189 cm³/mol. The van der Waals surface area contributed by atoms with Gasteiger partial charge in [0.2, 0.25) is 0 Å². The summed E-state index contributed by atoms with van der Waals surface area (Å²) in [5, 5.41) is 4.38. The molecule has 5 aromatic carbocycles. The molecule has 0 fully saturated rings. The van der Waals surface area contributed by atoms with Crippen LogP contribution in [0.15, 0.2) is 158 Å². The number of aromatic nitrogens is 4. The van der Waals surface area contributed by atoms with Gasteiger partial charge in [-0.1, -0.05) is 115 Å². The number of pyridine rings is 4. The standard InChI is InChI=1S/C42H26N4/c1-4-35(27-8-12-29(13-9-27)37-22-20-33-18-16-31-6-2-24-43-39(31)41(33)45-37)26-36(5-1)28-10-14-30(15-11-28)38-23-21-34-19-17-32-7-3-25-44-40(32)42(34)46-38/h1-26H. The van der Waals surface area contributed by atoms with E-state index in [2.05, 4.69) is 143 Å². The summed E-state index contributed by atoms with van der Waals surface area (Å²) in [7, 11) is 0. The van der Waals surface area contributed by atoms with Crippen molar-refractivity contribution < 1.29 is 0 Å². The summed E-state index contributed by atoms with van der Waals surface area (Å²) in [6.45, 7) is 0. The van der Waals surface area contributed by atoms with E-state index in [1.807, 2.05) is 24.5 Å². The summed E-state index contributed by atoms with van der Waals surface area (Å²) in [5.41, 5.74) is 12.4. The summed E-state index contributed by atoms with van der Waals surface area (Å²) >= 11 is 0. The highest BCUT2D eigenvalue weighted by Crippen LogP contribution is 2.32. The van der Waals surface area contributed by atoms with Crippen molar-refractivity contribution in [2.45, 2.75) is 0 Å². The van der Waals surface area contributed by atoms with E-state index in [4.69, 9.17) is 9.97 Å². The molecule has 9 rings (SSSR count). The molecule has 0 aliphatic carbocycles. The maximum Gasteiger partial charge on any atom is 0.0972 e. The van der Waals surface area contributed by atoms with Gasteiger partial charge in [0.1, 0.15) is 0 Å². The fraction of sp³-hybridized carbons (Fsp3) is 0. The Morgan fingerprint density at radius 2 is 0.674 bits per heavy atom. The summed E-state index contributed by atoms with van der Waals surface area (Å²) in [6.07, 6.45) is 3.66. The third-order valence-electron chi connectivity index (χ3n) is 8.75. The van der Waals surface area contributed by atoms with Gasteiger partial charge in [-0.25, -0.2) is 9.97 Å². The largest absolute Gasteiger partial charge is 0.254 e. The van der Waals surface area contributed by atoms with Crippen LogP contribution in [0, 0.1) is 0 Å². The zero-order chi connectivity index (χ0) is 30.5. The Labute approximate surface area is 265 Å². The van der Waals surface area contributed by atoms with Gasteiger partial charge in [-0.15, -0.1) is 0 Å². The van der Waals surface area contributed by atoms with Crippen LogP contribution in [-0.2, 0) is 0 Å². The Kier molecular flexibility index (Phi) is 6.10. The zero-order valence-electron chi connectivity index (χ0n) is 24.8. The number of rotatable bonds is 4. The fourth-order valence-electron chi connectivity index (χ4n) is 6.31. The van der Waals surface area contributed by atoms with E-state index in [0.717, 1.165) is 77.3 Å². The molecule has 0 aliphatic heterocycles. The van der Waals surface area contributed by atoms with Gasteiger partial charge in [-0.05, 0) is 52.6 Å². The number of nitrogens with zero attached hydrogens (tertiary/aromatic N) is 4. The minimum atomic E-state index is 0.931. The van der Waals surface area contributed by atoms with E-state index < -0.39 is 0 Å². The summed E-state index contributed by atoms with van der Waals surface area (Å²) in [5.74, 6) is 0. The fourth-order valence-corrected chi connectivity index (χ4v) is 6.31. The lowest BCUT2D eigenvalue weighted by Crippen LogP contribution is -1.89. The van der Waals surface area contributed by atoms with E-state index in [0.29, 0.717) is 0 Å². The smallest absolute Gasteiger partial charge is 0.0972 e. The molecule has 4 heteroatoms. The molecule has 9 aromatic rings. The number of benzene rings is 5. The Morgan fingerprint density at radius 3 is 1.13 bits per heavy atom. The van der Waals surface area contributed by atoms with E-state index in [1.54, 1.807) is 0 Å². The molecule has 4 nitrogen and oxygen atoms in total. The van der Waals surface area contributed by atoms with Crippen molar-refractivity contribution >= 4 is 43.6 Å². The normalized spacial score (nSPS) is 11.5. The molecule has 0 saturated heterocycles. The van der Waals surface area contributed by atoms with Gasteiger partial charge in [0.15, 0.2) is 0 Å². The molecule has 4 aromatic heterocycles. The lowest BCUT2D eigenvalue weighted by Gasteiger charge is -2.09. The maximum atomic E-state index is 5.02. The maximum absolute atomic E-state index is 5.02. The second kappa shape index (κ2) is 10.7. The Morgan fingerprint density at radius 1 is 0.283 bits per heavy atom. The minimum Gasteiger partial charge on any atom is -0.254 e. The third kappa shape index (κ3) is 4.56. The van der Waals surface area contributed by atoms with E-state index >= 15 is 0 Å². The van der Waals surface area contributed by atoms with Crippen LogP contribution in [0.4, 0.5) is 0 Å². The van der Waals surface area contributed by atoms with Crippen LogP contribution in [-0.4, -0.2) is 19.9 Å². The molecule has 0 atom stereocenters. The molecular weight excluding hydrogens is 560 g/mol. The van der Waals surface area contributed by atoms with E-state index in [9.17, 15) is 0 Å². The highest BCUT2D eigenvalue weighted by atomic mass is 14.8. The predicted octanol–water partition coefficient (Wildman–Crippen LogP) is 10.5. The number of hydrogen-bond acceptors (Lipinski definition) is 4. The quantitative estimate of drug-likeness (QED) is 0.193. The van der Waals surface area contributed by atoms with Gasteiger partial charge in [-0.2, -0.15) is 0 Å². The van der Waals surface area contributed by atoms with Crippen LogP contribution < -0.4 is 0 Å². The summed E-state index contributed by atoms with van der Waals surface area (Å²) in [6, 6.07) is 50.9. The highest BCUT2D eigenvalue weighted by Gasteiger charge is 2.09. The first-order valence-electron chi connectivity index (χ1n) is 15.4. The van der Waals surface area contributed by atoms with Gasteiger partial charge in [0.05, 0.1) is 33.5 Å². The molecule has 0 amide bonds. The number of fused-ring (bicyclic) bond motifs is 6. The first-order chi connectivity index (χ1) is 22.8. The molecule has 0 saturated carbocycles. The molecule has 46 heavy (non-hydrogen) atoms. The van der Waals surface area contributed by atoms with E-state index in [-0.39, 0.29) is 0 Å². The van der Waals surface area contributed by atoms with Crippen LogP contribution in [0.2, 0.25) is 0 Å². The van der Waals surface area contributed by atoms with Crippen molar-refractivity contribution in [3.8, 4) is 44.8 Å². The van der Waals surface area contributed by atoms with Crippen LogP contribution in [0.1, 0.15) is 0 Å². The average molecular weight is 587 g/mol. The van der Waals surface area contributed by atoms with Gasteiger partial charge in [-0.3, -0.25) is 9.97 Å². The Balaban J connectivity index is 0.998. The zero-order valence-corrected chi connectivity index (χ0v) is 24.8. The van der Waals surface area contributed by atoms with Crippen molar-refractivity contribution in [1.29, 1.82) is 0 Å². The Hall–Kier alpha value is -6.26. The third-order valence-corrected chi connectivity index (χ3v) is 8.75. The molecular formula is C42H26N4. The molecule has 0 unspecified atom stereocenters. The van der Waals surface area contributed by atoms with E-state index in [1.165, 1.54) is 11.1 Å². The molecule has 0 N–H and O–H groups in total. The van der Waals surface area contributed by atoms with Crippen LogP contribution in [0.25, 0.3) is 88.4 Å². The van der Waals surface area contributed by atoms with Gasteiger partial charge >= 0.3 is 0 Å². The first-order valence-corrected chi connectivity index (χ1v) is 15.4. The molecule has 214 valence electrons. The molecule has 4 heterocycles. The molecule has 0 aliphatic rings. The van der Waals surface area contributed by atoms with Gasteiger partial charge in [0, 0.05) is 45.1 Å². The molecule has 0 bridgehead atoms. The van der Waals surface area contributed by atoms with Crippen molar-refractivity contribution in [2.24, 2.45) is 0 Å². The topological polar surface area (TPSA) is 51.6 Å². The average Bonchev–Trinajstić information content (AvgIpc) is 3.14. The highest BCUT2D eigenvalue weighted by molar-refractivity contribution is 6.04. The van der Waals surface area contributed by atoms with Crippen LogP contribution in [0.3, 0.4) is 0 Å². The monoisotopic (exact) mass is 586 g/mol. The first kappa shape index (κ1) is 26.2. The van der Waals surface area contributed by atoms with Crippen molar-refractivity contribution in [2.75, 3.05) is 0 Å². The SMILES string of the molecule is c1cc(-c2ccc(-c3ccc4ccc5cccnc5c4n3)cc2)cc(-c2ccc(-c3ccc4ccc5cccnc5c4n3)cc2)c1. The second-order valence-corrected chi connectivity index (χ2v) is 11.6. The summed E-state index contributed by atoms with van der Waals surface area (Å²) < 4.78 is 0. The van der Waals surface area contributed by atoms with Gasteiger partial charge in [0.25, 0.3) is 0 Å². The molecule has 0 spiro atoms. The lowest BCUT2D eigenvalue weighted by atomic mass is 9.97. The Bertz CT molecular complexity index is 2390. The van der Waals surface area contributed by atoms with Crippen molar-refractivity contribution in [3.05, 3.63) is 158 Å². The number of hydrogen-bond donors (Lipinski definition) is 0.